The van der Waals surface area contributed by atoms with Crippen LogP contribution >= 0.6 is 10.7 Å². The molecule has 2 aliphatic rings. The minimum Gasteiger partial charge on any atom is -0.381 e. The van der Waals surface area contributed by atoms with E-state index in [0.29, 0.717) is 6.10 Å². The maximum Gasteiger partial charge on any atom is 0.235 e. The van der Waals surface area contributed by atoms with Gasteiger partial charge in [0.25, 0.3) is 0 Å². The second kappa shape index (κ2) is 2.84. The molecule has 0 atom stereocenters. The van der Waals surface area contributed by atoms with Crippen LogP contribution < -0.4 is 0 Å². The van der Waals surface area contributed by atoms with Crippen molar-refractivity contribution in [3.63, 3.8) is 0 Å². The van der Waals surface area contributed by atoms with Crippen LogP contribution in [0.3, 0.4) is 0 Å². The van der Waals surface area contributed by atoms with E-state index < -0.39 is 9.05 Å². The highest BCUT2D eigenvalue weighted by atomic mass is 35.7. The summed E-state index contributed by atoms with van der Waals surface area (Å²) in [6, 6.07) is 0. The molecule has 2 saturated carbocycles. The van der Waals surface area contributed by atoms with E-state index >= 15 is 0 Å². The number of halogens is 1. The monoisotopic (exact) mass is 224 g/mol. The summed E-state index contributed by atoms with van der Waals surface area (Å²) < 4.78 is 27.0. The molecule has 1 spiro atoms. The van der Waals surface area contributed by atoms with E-state index in [9.17, 15) is 8.42 Å². The van der Waals surface area contributed by atoms with Crippen molar-refractivity contribution in [3.8, 4) is 0 Å². The first-order valence-corrected chi connectivity index (χ1v) is 6.79. The van der Waals surface area contributed by atoms with Crippen LogP contribution in [0.1, 0.15) is 25.7 Å². The topological polar surface area (TPSA) is 43.4 Å². The number of methoxy groups -OCH3 is 1. The highest BCUT2D eigenvalue weighted by Gasteiger charge is 2.56. The molecular formula is C8H13ClO3S. The van der Waals surface area contributed by atoms with E-state index in [0.717, 1.165) is 25.7 Å². The van der Waals surface area contributed by atoms with Crippen LogP contribution in [0.15, 0.2) is 0 Å². The molecule has 0 amide bonds. The lowest BCUT2D eigenvalue weighted by molar-refractivity contribution is -0.0980. The molecule has 0 bridgehead atoms. The van der Waals surface area contributed by atoms with Gasteiger partial charge in [0, 0.05) is 17.8 Å². The van der Waals surface area contributed by atoms with Crippen molar-refractivity contribution in [3.05, 3.63) is 0 Å². The molecule has 13 heavy (non-hydrogen) atoms. The molecule has 0 N–H and O–H groups in total. The average molecular weight is 225 g/mol. The van der Waals surface area contributed by atoms with Crippen molar-refractivity contribution in [2.45, 2.75) is 37.0 Å². The lowest BCUT2D eigenvalue weighted by Crippen LogP contribution is -2.54. The summed E-state index contributed by atoms with van der Waals surface area (Å²) in [5.41, 5.74) is 0.257. The van der Waals surface area contributed by atoms with E-state index in [1.54, 1.807) is 7.11 Å². The molecule has 0 unspecified atom stereocenters. The zero-order valence-corrected chi connectivity index (χ0v) is 9.07. The molecule has 2 rings (SSSR count). The Labute approximate surface area is 82.8 Å². The summed E-state index contributed by atoms with van der Waals surface area (Å²) in [4.78, 5) is 0. The first kappa shape index (κ1) is 9.74. The van der Waals surface area contributed by atoms with E-state index in [1.807, 2.05) is 0 Å². The summed E-state index contributed by atoms with van der Waals surface area (Å²) in [5.74, 6) is 0. The van der Waals surface area contributed by atoms with Gasteiger partial charge in [-0.15, -0.1) is 0 Å². The second-order valence-corrected chi connectivity index (χ2v) is 7.18. The lowest BCUT2D eigenvalue weighted by Gasteiger charge is -2.56. The summed E-state index contributed by atoms with van der Waals surface area (Å²) in [6.07, 6.45) is 3.83. The van der Waals surface area contributed by atoms with Gasteiger partial charge in [0.15, 0.2) is 0 Å². The predicted octanol–water partition coefficient (Wildman–Crippen LogP) is 1.51. The minimum atomic E-state index is -3.31. The van der Waals surface area contributed by atoms with E-state index in [2.05, 4.69) is 0 Å². The third-order valence-corrected chi connectivity index (χ3v) is 5.26. The van der Waals surface area contributed by atoms with E-state index in [-0.39, 0.29) is 10.7 Å². The highest BCUT2D eigenvalue weighted by Crippen LogP contribution is 2.58. The number of hydrogen-bond acceptors (Lipinski definition) is 3. The van der Waals surface area contributed by atoms with Gasteiger partial charge in [-0.05, 0) is 31.1 Å². The first-order chi connectivity index (χ1) is 5.95. The van der Waals surface area contributed by atoms with Gasteiger partial charge in [-0.1, -0.05) is 0 Å². The summed E-state index contributed by atoms with van der Waals surface area (Å²) in [5, 5.41) is -0.299. The van der Waals surface area contributed by atoms with Gasteiger partial charge in [0.05, 0.1) is 11.4 Å². The van der Waals surface area contributed by atoms with Gasteiger partial charge in [0.2, 0.25) is 9.05 Å². The molecule has 2 fully saturated rings. The molecule has 76 valence electrons. The number of ether oxygens (including phenoxy) is 1. The van der Waals surface area contributed by atoms with Crippen molar-refractivity contribution in [2.24, 2.45) is 5.41 Å². The normalized spacial score (nSPS) is 44.2. The third-order valence-electron chi connectivity index (χ3n) is 3.37. The minimum absolute atomic E-state index is 0.257. The smallest absolute Gasteiger partial charge is 0.235 e. The van der Waals surface area contributed by atoms with Crippen LogP contribution in [0, 0.1) is 5.41 Å². The van der Waals surface area contributed by atoms with Gasteiger partial charge in [0.1, 0.15) is 0 Å². The summed E-state index contributed by atoms with van der Waals surface area (Å²) >= 11 is 0. The third kappa shape index (κ3) is 1.60. The van der Waals surface area contributed by atoms with Gasteiger partial charge in [-0.2, -0.15) is 0 Å². The van der Waals surface area contributed by atoms with Gasteiger partial charge in [-0.3, -0.25) is 0 Å². The van der Waals surface area contributed by atoms with Gasteiger partial charge >= 0.3 is 0 Å². The molecule has 2 aliphatic carbocycles. The molecular weight excluding hydrogens is 212 g/mol. The summed E-state index contributed by atoms with van der Waals surface area (Å²) in [6.45, 7) is 0. The summed E-state index contributed by atoms with van der Waals surface area (Å²) in [7, 11) is 3.65. The van der Waals surface area contributed by atoms with Crippen molar-refractivity contribution in [1.29, 1.82) is 0 Å². The van der Waals surface area contributed by atoms with E-state index in [4.69, 9.17) is 15.4 Å². The van der Waals surface area contributed by atoms with Crippen LogP contribution in [-0.4, -0.2) is 26.9 Å². The van der Waals surface area contributed by atoms with Crippen molar-refractivity contribution in [1.82, 2.24) is 0 Å². The van der Waals surface area contributed by atoms with Crippen LogP contribution in [-0.2, 0) is 13.8 Å². The van der Waals surface area contributed by atoms with Crippen LogP contribution in [0.2, 0.25) is 0 Å². The molecule has 5 heteroatoms. The van der Waals surface area contributed by atoms with Crippen LogP contribution in [0.4, 0.5) is 0 Å². The Morgan fingerprint density at radius 1 is 1.31 bits per heavy atom. The molecule has 0 aromatic rings. The Bertz CT molecular complexity index is 297. The number of hydrogen-bond donors (Lipinski definition) is 0. The largest absolute Gasteiger partial charge is 0.381 e. The SMILES string of the molecule is COC1CC2(C1)CC(S(=O)(=O)Cl)C2. The fourth-order valence-corrected chi connectivity index (χ4v) is 3.99. The quantitative estimate of drug-likeness (QED) is 0.668. The maximum absolute atomic E-state index is 10.9. The fraction of sp³-hybridized carbons (Fsp3) is 1.00. The van der Waals surface area contributed by atoms with Crippen molar-refractivity contribution < 1.29 is 13.2 Å². The maximum atomic E-state index is 10.9. The first-order valence-electron chi connectivity index (χ1n) is 4.41. The average Bonchev–Trinajstić information content (AvgIpc) is 1.78. The van der Waals surface area contributed by atoms with Crippen molar-refractivity contribution >= 4 is 19.7 Å². The van der Waals surface area contributed by atoms with Gasteiger partial charge in [-0.25, -0.2) is 8.42 Å². The number of rotatable bonds is 2. The lowest BCUT2D eigenvalue weighted by atomic mass is 9.54. The predicted molar refractivity (Wildman–Crippen MR) is 50.3 cm³/mol. The highest BCUT2D eigenvalue weighted by molar-refractivity contribution is 8.14. The Kier molecular flexibility index (Phi) is 2.13. The Hall–Kier alpha value is 0.200. The zero-order chi connectivity index (χ0) is 9.69. The molecule has 3 nitrogen and oxygen atoms in total. The molecule has 0 aliphatic heterocycles. The van der Waals surface area contributed by atoms with Crippen LogP contribution in [0.25, 0.3) is 0 Å². The zero-order valence-electron chi connectivity index (χ0n) is 7.49. The standard InChI is InChI=1S/C8H13ClO3S/c1-12-6-2-8(3-6)4-7(5-8)13(9,10)11/h6-7H,2-5H2,1H3. The van der Waals surface area contributed by atoms with Crippen LogP contribution in [0.5, 0.6) is 0 Å². The van der Waals surface area contributed by atoms with Crippen molar-refractivity contribution in [2.75, 3.05) is 7.11 Å². The molecule has 0 saturated heterocycles. The Morgan fingerprint density at radius 2 is 1.85 bits per heavy atom. The fourth-order valence-electron chi connectivity index (χ4n) is 2.51. The second-order valence-electron chi connectivity index (χ2n) is 4.27. The Morgan fingerprint density at radius 3 is 2.23 bits per heavy atom. The van der Waals surface area contributed by atoms with E-state index in [1.165, 1.54) is 0 Å². The molecule has 0 aromatic heterocycles. The molecule has 0 radical (unpaired) electrons. The molecule has 0 aromatic carbocycles. The van der Waals surface area contributed by atoms with Gasteiger partial charge < -0.3 is 4.74 Å². The molecule has 0 heterocycles. The Balaban J connectivity index is 1.87.